The summed E-state index contributed by atoms with van der Waals surface area (Å²) in [6.07, 6.45) is 5.08. The number of aliphatic hydroxyl groups is 1. The first-order valence-electron chi connectivity index (χ1n) is 8.76. The Morgan fingerprint density at radius 2 is 1.64 bits per heavy atom. The molecule has 5 heteroatoms. The molecule has 0 unspecified atom stereocenters. The van der Waals surface area contributed by atoms with Gasteiger partial charge in [-0.15, -0.1) is 0 Å². The molecule has 0 saturated heterocycles. The quantitative estimate of drug-likeness (QED) is 0.640. The molecule has 2 aromatic carbocycles. The van der Waals surface area contributed by atoms with Crippen LogP contribution in [0.1, 0.15) is 44.6 Å². The number of hydrogen-bond donors (Lipinski definition) is 1. The highest BCUT2D eigenvalue weighted by Crippen LogP contribution is 2.63. The van der Waals surface area contributed by atoms with Crippen molar-refractivity contribution in [1.29, 1.82) is 0 Å². The van der Waals surface area contributed by atoms with Crippen LogP contribution in [-0.2, 0) is 14.4 Å². The van der Waals surface area contributed by atoms with Gasteiger partial charge in [0.05, 0.1) is 6.10 Å². The lowest BCUT2D eigenvalue weighted by atomic mass is 9.98. The molecule has 0 bridgehead atoms. The molecule has 0 aliphatic heterocycles. The van der Waals surface area contributed by atoms with Gasteiger partial charge >= 0.3 is 0 Å². The molecule has 2 atom stereocenters. The van der Waals surface area contributed by atoms with Gasteiger partial charge in [0, 0.05) is 9.78 Å². The third-order valence-electron chi connectivity index (χ3n) is 4.91. The summed E-state index contributed by atoms with van der Waals surface area (Å²) in [4.78, 5) is 0. The summed E-state index contributed by atoms with van der Waals surface area (Å²) in [6, 6.07) is 16.4. The summed E-state index contributed by atoms with van der Waals surface area (Å²) in [7, 11) is -3.54. The van der Waals surface area contributed by atoms with E-state index in [9.17, 15) is 9.67 Å². The van der Waals surface area contributed by atoms with Crippen LogP contribution < -0.4 is 5.30 Å². The molecule has 0 spiro atoms. The van der Waals surface area contributed by atoms with Crippen LogP contribution in [-0.4, -0.2) is 11.2 Å². The molecule has 1 fully saturated rings. The summed E-state index contributed by atoms with van der Waals surface area (Å²) in [5.41, 5.74) is 0.596. The van der Waals surface area contributed by atoms with Gasteiger partial charge in [-0.3, -0.25) is 4.57 Å². The van der Waals surface area contributed by atoms with Gasteiger partial charge in [0.25, 0.3) is 7.37 Å². The second-order valence-electron chi connectivity index (χ2n) is 6.78. The SMILES string of the molecule is C[C@@](O)(c1ccc(Br)cc1)[P@@](=O)(OC1CCCCC1)c1ccccc1. The van der Waals surface area contributed by atoms with E-state index in [-0.39, 0.29) is 6.10 Å². The summed E-state index contributed by atoms with van der Waals surface area (Å²) in [5, 5.41) is 10.3. The lowest BCUT2D eigenvalue weighted by molar-refractivity contribution is 0.0920. The minimum atomic E-state index is -3.54. The molecule has 1 aliphatic carbocycles. The second-order valence-corrected chi connectivity index (χ2v) is 10.4. The van der Waals surface area contributed by atoms with Crippen LogP contribution in [0.15, 0.2) is 59.1 Å². The normalized spacial score (nSPS) is 20.6. The van der Waals surface area contributed by atoms with Crippen LogP contribution in [0.3, 0.4) is 0 Å². The maximum absolute atomic E-state index is 14.1. The van der Waals surface area contributed by atoms with Crippen LogP contribution in [0.5, 0.6) is 0 Å². The summed E-state index contributed by atoms with van der Waals surface area (Å²) >= 11 is 3.41. The lowest BCUT2D eigenvalue weighted by Gasteiger charge is -2.37. The Kier molecular flexibility index (Phi) is 5.85. The molecule has 0 heterocycles. The van der Waals surface area contributed by atoms with Crippen molar-refractivity contribution in [2.45, 2.75) is 50.5 Å². The topological polar surface area (TPSA) is 46.5 Å². The maximum Gasteiger partial charge on any atom is 0.267 e. The Morgan fingerprint density at radius 1 is 1.04 bits per heavy atom. The van der Waals surface area contributed by atoms with E-state index in [0.29, 0.717) is 10.9 Å². The third kappa shape index (κ3) is 3.93. The summed E-state index contributed by atoms with van der Waals surface area (Å²) in [6.45, 7) is 1.60. The Balaban J connectivity index is 2.03. The molecule has 134 valence electrons. The fourth-order valence-corrected chi connectivity index (χ4v) is 6.13. The van der Waals surface area contributed by atoms with Crippen molar-refractivity contribution in [3.8, 4) is 0 Å². The molecular formula is C20H24BrO3P. The van der Waals surface area contributed by atoms with Crippen LogP contribution in [0, 0.1) is 0 Å². The van der Waals surface area contributed by atoms with Gasteiger partial charge in [-0.1, -0.05) is 65.5 Å². The molecule has 0 radical (unpaired) electrons. The fraction of sp³-hybridized carbons (Fsp3) is 0.400. The van der Waals surface area contributed by atoms with E-state index >= 15 is 0 Å². The predicted octanol–water partition coefficient (Wildman–Crippen LogP) is 5.57. The van der Waals surface area contributed by atoms with Crippen molar-refractivity contribution in [3.05, 3.63) is 64.6 Å². The van der Waals surface area contributed by atoms with E-state index in [4.69, 9.17) is 4.52 Å². The average molecular weight is 423 g/mol. The zero-order valence-electron chi connectivity index (χ0n) is 14.4. The summed E-state index contributed by atoms with van der Waals surface area (Å²) in [5.74, 6) is 0. The number of hydrogen-bond acceptors (Lipinski definition) is 3. The highest BCUT2D eigenvalue weighted by molar-refractivity contribution is 9.10. The first-order chi connectivity index (χ1) is 11.9. The zero-order valence-corrected chi connectivity index (χ0v) is 16.9. The highest BCUT2D eigenvalue weighted by atomic mass is 79.9. The maximum atomic E-state index is 14.1. The van der Waals surface area contributed by atoms with E-state index < -0.39 is 12.7 Å². The van der Waals surface area contributed by atoms with Gasteiger partial charge in [0.1, 0.15) is 0 Å². The van der Waals surface area contributed by atoms with Gasteiger partial charge < -0.3 is 9.63 Å². The van der Waals surface area contributed by atoms with E-state index in [2.05, 4.69) is 15.9 Å². The molecule has 3 nitrogen and oxygen atoms in total. The molecule has 1 saturated carbocycles. The van der Waals surface area contributed by atoms with E-state index in [0.717, 1.165) is 30.2 Å². The van der Waals surface area contributed by atoms with E-state index in [1.165, 1.54) is 6.42 Å². The number of benzene rings is 2. The van der Waals surface area contributed by atoms with Crippen LogP contribution in [0.4, 0.5) is 0 Å². The Labute approximate surface area is 158 Å². The Hall–Kier alpha value is -0.930. The number of rotatable bonds is 5. The van der Waals surface area contributed by atoms with Crippen molar-refractivity contribution in [2.75, 3.05) is 0 Å². The third-order valence-corrected chi connectivity index (χ3v) is 8.42. The minimum absolute atomic E-state index is 0.0679. The number of halogens is 1. The molecule has 2 aromatic rings. The lowest BCUT2D eigenvalue weighted by Crippen LogP contribution is -2.32. The Morgan fingerprint density at radius 3 is 2.24 bits per heavy atom. The standard InChI is InChI=1S/C20H24BrO3P/c1-20(22,16-12-14-17(21)15-13-16)25(23,19-10-6-3-7-11-19)24-18-8-4-2-5-9-18/h3,6-7,10-15,18,22H,2,4-5,8-9H2,1H3/t20-,25-/m0/s1. The highest BCUT2D eigenvalue weighted by Gasteiger charge is 2.48. The smallest absolute Gasteiger partial charge is 0.267 e. The first kappa shape index (κ1) is 18.8. The molecule has 25 heavy (non-hydrogen) atoms. The average Bonchev–Trinajstić information content (AvgIpc) is 2.63. The molecule has 0 aromatic heterocycles. The monoisotopic (exact) mass is 422 g/mol. The van der Waals surface area contributed by atoms with Crippen molar-refractivity contribution >= 4 is 28.6 Å². The van der Waals surface area contributed by atoms with Crippen LogP contribution in [0.25, 0.3) is 0 Å². The first-order valence-corrected chi connectivity index (χ1v) is 11.2. The molecule has 1 aliphatic rings. The fourth-order valence-electron chi connectivity index (χ4n) is 3.36. The molecule has 3 rings (SSSR count). The van der Waals surface area contributed by atoms with E-state index in [1.54, 1.807) is 31.2 Å². The van der Waals surface area contributed by atoms with Crippen molar-refractivity contribution in [2.24, 2.45) is 0 Å². The zero-order chi connectivity index (χ0) is 17.9. The van der Waals surface area contributed by atoms with Gasteiger partial charge in [0.2, 0.25) is 0 Å². The predicted molar refractivity (Wildman–Crippen MR) is 105 cm³/mol. The molecule has 0 amide bonds. The van der Waals surface area contributed by atoms with E-state index in [1.807, 2.05) is 30.3 Å². The largest absolute Gasteiger partial charge is 0.375 e. The summed E-state index contributed by atoms with van der Waals surface area (Å²) < 4.78 is 21.2. The van der Waals surface area contributed by atoms with Crippen LogP contribution >= 0.6 is 23.3 Å². The van der Waals surface area contributed by atoms with Gasteiger partial charge in [0.15, 0.2) is 5.34 Å². The van der Waals surface area contributed by atoms with Crippen molar-refractivity contribution in [1.82, 2.24) is 0 Å². The Bertz CT molecular complexity index is 737. The van der Waals surface area contributed by atoms with Crippen molar-refractivity contribution in [3.63, 3.8) is 0 Å². The molecular weight excluding hydrogens is 399 g/mol. The van der Waals surface area contributed by atoms with Gasteiger partial charge in [-0.25, -0.2) is 0 Å². The van der Waals surface area contributed by atoms with Gasteiger partial charge in [-0.2, -0.15) is 0 Å². The minimum Gasteiger partial charge on any atom is -0.375 e. The van der Waals surface area contributed by atoms with Crippen molar-refractivity contribution < 1.29 is 14.2 Å². The van der Waals surface area contributed by atoms with Gasteiger partial charge in [-0.05, 0) is 49.6 Å². The molecule has 1 N–H and O–H groups in total. The van der Waals surface area contributed by atoms with Crippen LogP contribution in [0.2, 0.25) is 0 Å². The second kappa shape index (κ2) is 7.75.